The Balaban J connectivity index is 1.86. The number of benzene rings is 1. The fraction of sp³-hybridized carbons (Fsp3) is 0.542. The Bertz CT molecular complexity index is 1370. The quantitative estimate of drug-likeness (QED) is 0.485. The van der Waals surface area contributed by atoms with E-state index in [4.69, 9.17) is 9.72 Å². The van der Waals surface area contributed by atoms with Crippen LogP contribution in [0.15, 0.2) is 27.9 Å². The molecule has 1 aromatic carbocycles. The topological polar surface area (TPSA) is 122 Å². The van der Waals surface area contributed by atoms with E-state index in [1.165, 1.54) is 8.99 Å². The number of ether oxygens (including phenoxy) is 1. The molecule has 2 atom stereocenters. The number of sulfonamides is 1. The average Bonchev–Trinajstić information content (AvgIpc) is 3.12. The highest BCUT2D eigenvalue weighted by Gasteiger charge is 2.32. The van der Waals surface area contributed by atoms with Crippen molar-refractivity contribution in [3.05, 3.63) is 34.2 Å². The number of rotatable bonds is 8. The molecular formula is C24H34N6O4S. The van der Waals surface area contributed by atoms with Crippen LogP contribution in [-0.2, 0) is 23.5 Å². The minimum atomic E-state index is -3.76. The Morgan fingerprint density at radius 3 is 2.51 bits per heavy atom. The minimum Gasteiger partial charge on any atom is -0.493 e. The van der Waals surface area contributed by atoms with Gasteiger partial charge in [0.05, 0.1) is 22.8 Å². The van der Waals surface area contributed by atoms with Gasteiger partial charge in [-0.1, -0.05) is 20.3 Å². The van der Waals surface area contributed by atoms with Gasteiger partial charge in [-0.2, -0.15) is 9.40 Å². The molecule has 0 bridgehead atoms. The second-order valence-corrected chi connectivity index (χ2v) is 11.2. The molecule has 0 saturated carbocycles. The van der Waals surface area contributed by atoms with E-state index in [1.54, 1.807) is 25.2 Å². The van der Waals surface area contributed by atoms with Gasteiger partial charge in [-0.05, 0) is 44.9 Å². The molecular weight excluding hydrogens is 468 g/mol. The predicted octanol–water partition coefficient (Wildman–Crippen LogP) is 2.44. The van der Waals surface area contributed by atoms with Crippen LogP contribution in [0.3, 0.4) is 0 Å². The SMILES string of the molecule is CCCOc1ccc(S(=O)(=O)N2C[C@@H](C)N[C@@H](C)C2)cc1-c1nc2c(CCC)nn(C)c2c(=O)[nH]1. The molecule has 0 unspecified atom stereocenters. The summed E-state index contributed by atoms with van der Waals surface area (Å²) in [4.78, 5) is 20.7. The third-order valence-electron chi connectivity index (χ3n) is 6.08. The first-order valence-electron chi connectivity index (χ1n) is 12.1. The first-order valence-corrected chi connectivity index (χ1v) is 13.6. The summed E-state index contributed by atoms with van der Waals surface area (Å²) in [6.07, 6.45) is 2.32. The molecule has 2 aromatic heterocycles. The van der Waals surface area contributed by atoms with Crippen molar-refractivity contribution in [3.63, 3.8) is 0 Å². The van der Waals surface area contributed by atoms with Crippen LogP contribution in [0, 0.1) is 0 Å². The number of piperazine rings is 1. The number of aryl methyl sites for hydroxylation is 2. The lowest BCUT2D eigenvalue weighted by Gasteiger charge is -2.35. The zero-order chi connectivity index (χ0) is 25.3. The first kappa shape index (κ1) is 25.3. The second-order valence-electron chi connectivity index (χ2n) is 9.23. The third kappa shape index (κ3) is 4.98. The molecule has 0 radical (unpaired) electrons. The number of aromatic amines is 1. The molecule has 3 heterocycles. The van der Waals surface area contributed by atoms with Gasteiger partial charge in [0, 0.05) is 32.2 Å². The van der Waals surface area contributed by atoms with E-state index in [2.05, 4.69) is 15.4 Å². The number of aromatic nitrogens is 4. The molecule has 1 aliphatic heterocycles. The third-order valence-corrected chi connectivity index (χ3v) is 7.91. The molecule has 190 valence electrons. The molecule has 11 heteroatoms. The van der Waals surface area contributed by atoms with Gasteiger partial charge < -0.3 is 15.0 Å². The number of hydrogen-bond donors (Lipinski definition) is 2. The van der Waals surface area contributed by atoms with Crippen molar-refractivity contribution >= 4 is 21.1 Å². The summed E-state index contributed by atoms with van der Waals surface area (Å²) in [5, 5.41) is 7.83. The summed E-state index contributed by atoms with van der Waals surface area (Å²) in [5.74, 6) is 0.731. The average molecular weight is 503 g/mol. The minimum absolute atomic E-state index is 0.0446. The highest BCUT2D eigenvalue weighted by molar-refractivity contribution is 7.89. The fourth-order valence-corrected chi connectivity index (χ4v) is 6.24. The van der Waals surface area contributed by atoms with Crippen LogP contribution in [0.1, 0.15) is 46.2 Å². The van der Waals surface area contributed by atoms with Crippen LogP contribution in [0.2, 0.25) is 0 Å². The Morgan fingerprint density at radius 2 is 1.86 bits per heavy atom. The normalized spacial score (nSPS) is 19.3. The summed E-state index contributed by atoms with van der Waals surface area (Å²) < 4.78 is 36.1. The molecule has 0 amide bonds. The van der Waals surface area contributed by atoms with Crippen LogP contribution in [0.25, 0.3) is 22.4 Å². The standard InChI is InChI=1S/C24H34N6O4S/c1-6-8-19-21-22(29(5)28-19)24(31)27-23(26-21)18-12-17(9-10-20(18)34-11-7-2)35(32,33)30-13-15(3)25-16(4)14-30/h9-10,12,15-16,25H,6-8,11,13-14H2,1-5H3,(H,26,27,31)/t15-,16+. The fourth-order valence-electron chi connectivity index (χ4n) is 4.59. The molecule has 0 aliphatic carbocycles. The number of nitrogens with zero attached hydrogens (tertiary/aromatic N) is 4. The molecule has 1 aliphatic rings. The summed E-state index contributed by atoms with van der Waals surface area (Å²) in [5.41, 5.74) is 1.75. The number of hydrogen-bond acceptors (Lipinski definition) is 7. The van der Waals surface area contributed by atoms with E-state index in [0.29, 0.717) is 48.5 Å². The van der Waals surface area contributed by atoms with Crippen LogP contribution in [0.5, 0.6) is 5.75 Å². The van der Waals surface area contributed by atoms with Gasteiger partial charge in [-0.3, -0.25) is 9.48 Å². The maximum Gasteiger partial charge on any atom is 0.277 e. The lowest BCUT2D eigenvalue weighted by molar-refractivity contribution is 0.263. The van der Waals surface area contributed by atoms with E-state index < -0.39 is 10.0 Å². The monoisotopic (exact) mass is 502 g/mol. The number of nitrogens with one attached hydrogen (secondary N) is 2. The van der Waals surface area contributed by atoms with Crippen molar-refractivity contribution in [2.75, 3.05) is 19.7 Å². The van der Waals surface area contributed by atoms with E-state index in [1.807, 2.05) is 27.7 Å². The zero-order valence-corrected chi connectivity index (χ0v) is 21.8. The predicted molar refractivity (Wildman–Crippen MR) is 135 cm³/mol. The van der Waals surface area contributed by atoms with Crippen molar-refractivity contribution in [1.29, 1.82) is 0 Å². The van der Waals surface area contributed by atoms with E-state index in [0.717, 1.165) is 18.5 Å². The second kappa shape index (κ2) is 10.1. The molecule has 1 saturated heterocycles. The molecule has 0 spiro atoms. The molecule has 3 aromatic rings. The Labute approximate surface area is 205 Å². The zero-order valence-electron chi connectivity index (χ0n) is 21.0. The Kier molecular flexibility index (Phi) is 7.30. The molecule has 35 heavy (non-hydrogen) atoms. The van der Waals surface area contributed by atoms with Gasteiger partial charge >= 0.3 is 0 Å². The lowest BCUT2D eigenvalue weighted by Crippen LogP contribution is -2.55. The van der Waals surface area contributed by atoms with Crippen molar-refractivity contribution in [2.45, 2.75) is 63.9 Å². The Morgan fingerprint density at radius 1 is 1.14 bits per heavy atom. The van der Waals surface area contributed by atoms with Crippen molar-refractivity contribution in [1.82, 2.24) is 29.4 Å². The van der Waals surface area contributed by atoms with Gasteiger partial charge in [-0.15, -0.1) is 0 Å². The van der Waals surface area contributed by atoms with Crippen LogP contribution in [-0.4, -0.2) is 64.3 Å². The van der Waals surface area contributed by atoms with Crippen LogP contribution >= 0.6 is 0 Å². The van der Waals surface area contributed by atoms with Crippen molar-refractivity contribution in [2.24, 2.45) is 7.05 Å². The molecule has 1 fully saturated rings. The molecule has 10 nitrogen and oxygen atoms in total. The van der Waals surface area contributed by atoms with Gasteiger partial charge in [0.15, 0.2) is 5.52 Å². The van der Waals surface area contributed by atoms with Crippen molar-refractivity contribution < 1.29 is 13.2 Å². The van der Waals surface area contributed by atoms with Gasteiger partial charge in [0.2, 0.25) is 10.0 Å². The summed E-state index contributed by atoms with van der Waals surface area (Å²) in [6.45, 7) is 9.18. The van der Waals surface area contributed by atoms with Gasteiger partial charge in [-0.25, -0.2) is 13.4 Å². The first-order chi connectivity index (χ1) is 16.6. The highest BCUT2D eigenvalue weighted by Crippen LogP contribution is 2.32. The maximum atomic E-state index is 13.6. The number of H-pyrrole nitrogens is 1. The Hall–Kier alpha value is -2.76. The highest BCUT2D eigenvalue weighted by atomic mass is 32.2. The van der Waals surface area contributed by atoms with E-state index in [9.17, 15) is 13.2 Å². The molecule has 4 rings (SSSR count). The van der Waals surface area contributed by atoms with Gasteiger partial charge in [0.25, 0.3) is 5.56 Å². The summed E-state index contributed by atoms with van der Waals surface area (Å²) in [7, 11) is -2.04. The van der Waals surface area contributed by atoms with Crippen molar-refractivity contribution in [3.8, 4) is 17.1 Å². The smallest absolute Gasteiger partial charge is 0.277 e. The molecule has 2 N–H and O–H groups in total. The van der Waals surface area contributed by atoms with E-state index in [-0.39, 0.29) is 28.4 Å². The van der Waals surface area contributed by atoms with Gasteiger partial charge in [0.1, 0.15) is 17.1 Å². The maximum absolute atomic E-state index is 13.6. The largest absolute Gasteiger partial charge is 0.493 e. The van der Waals surface area contributed by atoms with Crippen LogP contribution in [0.4, 0.5) is 0 Å². The lowest BCUT2D eigenvalue weighted by atomic mass is 10.1. The van der Waals surface area contributed by atoms with Crippen LogP contribution < -0.4 is 15.6 Å². The summed E-state index contributed by atoms with van der Waals surface area (Å²) >= 11 is 0. The summed E-state index contributed by atoms with van der Waals surface area (Å²) in [6, 6.07) is 4.85. The van der Waals surface area contributed by atoms with E-state index >= 15 is 0 Å². The number of fused-ring (bicyclic) bond motifs is 1.